The molecule has 3 rings (SSSR count). The van der Waals surface area contributed by atoms with Crippen molar-refractivity contribution in [3.8, 4) is 0 Å². The summed E-state index contributed by atoms with van der Waals surface area (Å²) in [6, 6.07) is 4.13. The number of hydrogen-bond acceptors (Lipinski definition) is 7. The van der Waals surface area contributed by atoms with Gasteiger partial charge in [-0.05, 0) is 77.5 Å². The molecule has 1 aliphatic rings. The molecular weight excluding hydrogens is 426 g/mol. The Balaban J connectivity index is 1.58. The molecule has 0 fully saturated rings. The molecule has 0 atom stereocenters. The highest BCUT2D eigenvalue weighted by atomic mass is 32.1. The van der Waals surface area contributed by atoms with Gasteiger partial charge in [-0.2, -0.15) is 0 Å². The van der Waals surface area contributed by atoms with Crippen molar-refractivity contribution >= 4 is 35.3 Å². The molecule has 32 heavy (non-hydrogen) atoms. The van der Waals surface area contributed by atoms with Gasteiger partial charge in [0.05, 0.1) is 12.3 Å². The summed E-state index contributed by atoms with van der Waals surface area (Å²) in [7, 11) is 0. The minimum Gasteiger partial charge on any atom is -0.463 e. The molecule has 0 radical (unpaired) electrons. The second-order valence-corrected chi connectivity index (χ2v) is 9.53. The van der Waals surface area contributed by atoms with E-state index in [1.807, 2.05) is 32.2 Å². The van der Waals surface area contributed by atoms with Crippen molar-refractivity contribution in [3.63, 3.8) is 0 Å². The van der Waals surface area contributed by atoms with Crippen molar-refractivity contribution in [2.45, 2.75) is 65.4 Å². The maximum Gasteiger partial charge on any atom is 0.416 e. The van der Waals surface area contributed by atoms with Crippen LogP contribution in [0, 0.1) is 0 Å². The molecule has 8 heteroatoms. The lowest BCUT2D eigenvalue weighted by molar-refractivity contribution is -0.137. The van der Waals surface area contributed by atoms with Gasteiger partial charge < -0.3 is 9.47 Å². The first-order chi connectivity index (χ1) is 15.2. The Kier molecular flexibility index (Phi) is 8.01. The number of fused-ring (bicyclic) bond motifs is 1. The van der Waals surface area contributed by atoms with Gasteiger partial charge in [-0.3, -0.25) is 4.90 Å². The number of carbonyl (C=O) groups excluding carboxylic acids is 2. The number of esters is 1. The van der Waals surface area contributed by atoms with Crippen LogP contribution in [0.2, 0.25) is 0 Å². The van der Waals surface area contributed by atoms with Crippen molar-refractivity contribution in [3.05, 3.63) is 45.5 Å². The second kappa shape index (κ2) is 10.7. The fourth-order valence-electron chi connectivity index (χ4n) is 3.41. The molecule has 2 aromatic rings. The Morgan fingerprint density at radius 2 is 1.97 bits per heavy atom. The molecule has 1 aliphatic heterocycles. The Morgan fingerprint density at radius 3 is 2.72 bits per heavy atom. The summed E-state index contributed by atoms with van der Waals surface area (Å²) < 4.78 is 10.5. The molecule has 1 amide bonds. The molecular formula is C24H31N3O4S. The number of carbonyl (C=O) groups is 2. The quantitative estimate of drug-likeness (QED) is 0.431. The zero-order chi connectivity index (χ0) is 23.1. The number of ether oxygens (including phenoxy) is 2. The third-order valence-electron chi connectivity index (χ3n) is 4.79. The van der Waals surface area contributed by atoms with E-state index in [1.54, 1.807) is 17.9 Å². The molecule has 0 bridgehead atoms. The van der Waals surface area contributed by atoms with Crippen LogP contribution in [0.1, 0.15) is 62.5 Å². The summed E-state index contributed by atoms with van der Waals surface area (Å²) in [6.45, 7) is 8.37. The minimum absolute atomic E-state index is 0.339. The predicted octanol–water partition coefficient (Wildman–Crippen LogP) is 4.98. The van der Waals surface area contributed by atoms with Crippen LogP contribution in [-0.2, 0) is 33.5 Å². The average Bonchev–Trinajstić information content (AvgIpc) is 3.18. The van der Waals surface area contributed by atoms with E-state index in [4.69, 9.17) is 14.5 Å². The summed E-state index contributed by atoms with van der Waals surface area (Å²) in [5.74, 6) is 0.367. The van der Waals surface area contributed by atoms with Crippen LogP contribution in [0.25, 0.3) is 6.08 Å². The number of thiazole rings is 1. The van der Waals surface area contributed by atoms with Crippen LogP contribution in [-0.4, -0.2) is 40.8 Å². The summed E-state index contributed by atoms with van der Waals surface area (Å²) in [6.07, 6.45) is 7.07. The largest absolute Gasteiger partial charge is 0.463 e. The first-order valence-corrected chi connectivity index (χ1v) is 11.9. The number of aromatic nitrogens is 2. The molecule has 172 valence electrons. The zero-order valence-electron chi connectivity index (χ0n) is 19.2. The average molecular weight is 458 g/mol. The fourth-order valence-corrected chi connectivity index (χ4v) is 4.15. The molecule has 0 unspecified atom stereocenters. The van der Waals surface area contributed by atoms with E-state index in [0.29, 0.717) is 13.2 Å². The monoisotopic (exact) mass is 457 g/mol. The molecule has 0 saturated carbocycles. The first-order valence-electron chi connectivity index (χ1n) is 11.0. The Bertz CT molecular complexity index is 978. The number of pyridine rings is 1. The summed E-state index contributed by atoms with van der Waals surface area (Å²) in [5.41, 5.74) is 2.50. The van der Waals surface area contributed by atoms with Crippen LogP contribution in [0.15, 0.2) is 23.6 Å². The number of amides is 1. The van der Waals surface area contributed by atoms with E-state index in [0.717, 1.165) is 59.9 Å². The van der Waals surface area contributed by atoms with E-state index in [1.165, 1.54) is 17.4 Å². The predicted molar refractivity (Wildman–Crippen MR) is 126 cm³/mol. The molecule has 7 nitrogen and oxygen atoms in total. The number of hydrogen-bond donors (Lipinski definition) is 0. The summed E-state index contributed by atoms with van der Waals surface area (Å²) in [4.78, 5) is 35.1. The van der Waals surface area contributed by atoms with Crippen LogP contribution in [0.4, 0.5) is 10.6 Å². The van der Waals surface area contributed by atoms with Crippen LogP contribution < -0.4 is 4.90 Å². The van der Waals surface area contributed by atoms with Crippen molar-refractivity contribution in [1.82, 2.24) is 9.97 Å². The molecule has 0 N–H and O–H groups in total. The highest BCUT2D eigenvalue weighted by Gasteiger charge is 2.28. The second-order valence-electron chi connectivity index (χ2n) is 8.64. The van der Waals surface area contributed by atoms with Crippen LogP contribution in [0.5, 0.6) is 0 Å². The van der Waals surface area contributed by atoms with Crippen LogP contribution in [0.3, 0.4) is 0 Å². The van der Waals surface area contributed by atoms with Gasteiger partial charge in [0.15, 0.2) is 0 Å². The van der Waals surface area contributed by atoms with E-state index in [-0.39, 0.29) is 12.1 Å². The maximum absolute atomic E-state index is 12.6. The van der Waals surface area contributed by atoms with Gasteiger partial charge in [0.1, 0.15) is 16.4 Å². The smallest absolute Gasteiger partial charge is 0.416 e. The minimum atomic E-state index is -0.538. The van der Waals surface area contributed by atoms with Crippen molar-refractivity contribution < 1.29 is 19.1 Å². The summed E-state index contributed by atoms with van der Waals surface area (Å²) >= 11 is 1.50. The van der Waals surface area contributed by atoms with Gasteiger partial charge in [-0.1, -0.05) is 6.07 Å². The van der Waals surface area contributed by atoms with E-state index >= 15 is 0 Å². The Morgan fingerprint density at radius 1 is 1.19 bits per heavy atom. The Labute approximate surface area is 193 Å². The molecule has 3 heterocycles. The molecule has 0 saturated heterocycles. The van der Waals surface area contributed by atoms with E-state index < -0.39 is 5.60 Å². The van der Waals surface area contributed by atoms with Gasteiger partial charge in [0.2, 0.25) is 0 Å². The standard InChI is InChI=1S/C24H31N3O4S/c1-5-30-21(28)14-13-20-25-19(16-32-20)10-6-9-18-12-11-17-8-7-15-27(22(17)26-18)23(29)31-24(2,3)4/h11-14,16H,5-10,15H2,1-4H3/b14-13+. The molecule has 2 aromatic heterocycles. The zero-order valence-corrected chi connectivity index (χ0v) is 20.0. The highest BCUT2D eigenvalue weighted by molar-refractivity contribution is 7.10. The van der Waals surface area contributed by atoms with Crippen LogP contribution >= 0.6 is 11.3 Å². The number of nitrogens with zero attached hydrogens (tertiary/aromatic N) is 3. The van der Waals surface area contributed by atoms with Crippen molar-refractivity contribution in [2.24, 2.45) is 0 Å². The van der Waals surface area contributed by atoms with Gasteiger partial charge >= 0.3 is 12.1 Å². The maximum atomic E-state index is 12.6. The molecule has 0 aliphatic carbocycles. The van der Waals surface area contributed by atoms with Crippen molar-refractivity contribution in [2.75, 3.05) is 18.1 Å². The number of rotatable bonds is 7. The topological polar surface area (TPSA) is 81.6 Å². The lowest BCUT2D eigenvalue weighted by atomic mass is 10.0. The first kappa shape index (κ1) is 23.9. The fraction of sp³-hybridized carbons (Fsp3) is 0.500. The van der Waals surface area contributed by atoms with Gasteiger partial charge in [0, 0.05) is 23.7 Å². The SMILES string of the molecule is CCOC(=O)/C=C/c1nc(CCCc2ccc3c(n2)N(C(=O)OC(C)(C)C)CCC3)cs1. The number of anilines is 1. The summed E-state index contributed by atoms with van der Waals surface area (Å²) in [5, 5.41) is 2.79. The normalized spacial score (nSPS) is 13.8. The molecule has 0 aromatic carbocycles. The highest BCUT2D eigenvalue weighted by Crippen LogP contribution is 2.27. The van der Waals surface area contributed by atoms with Gasteiger partial charge in [-0.15, -0.1) is 11.3 Å². The molecule has 0 spiro atoms. The van der Waals surface area contributed by atoms with E-state index in [9.17, 15) is 9.59 Å². The third kappa shape index (κ3) is 6.88. The van der Waals surface area contributed by atoms with Crippen molar-refractivity contribution in [1.29, 1.82) is 0 Å². The Hall–Kier alpha value is -2.74. The van der Waals surface area contributed by atoms with Gasteiger partial charge in [-0.25, -0.2) is 19.6 Å². The van der Waals surface area contributed by atoms with E-state index in [2.05, 4.69) is 11.1 Å². The third-order valence-corrected chi connectivity index (χ3v) is 5.65. The number of aryl methyl sites for hydroxylation is 3. The lowest BCUT2D eigenvalue weighted by Gasteiger charge is -2.31. The van der Waals surface area contributed by atoms with Gasteiger partial charge in [0.25, 0.3) is 0 Å². The lowest BCUT2D eigenvalue weighted by Crippen LogP contribution is -2.40.